The van der Waals surface area contributed by atoms with Crippen LogP contribution in [0.3, 0.4) is 0 Å². The molecular weight excluding hydrogens is 320 g/mol. The maximum atomic E-state index is 13.2. The SMILES string of the molecule is O=S(=O)(c1ccccc1)[C@@H](c1ccccc1)[C@@H](O)c1ccccc1. The fourth-order valence-corrected chi connectivity index (χ4v) is 4.60. The van der Waals surface area contributed by atoms with E-state index in [-0.39, 0.29) is 4.90 Å². The summed E-state index contributed by atoms with van der Waals surface area (Å²) >= 11 is 0. The van der Waals surface area contributed by atoms with Crippen molar-refractivity contribution in [3.05, 3.63) is 102 Å². The minimum Gasteiger partial charge on any atom is -0.387 e. The molecule has 0 unspecified atom stereocenters. The molecule has 3 aromatic rings. The first-order valence-electron chi connectivity index (χ1n) is 7.67. The van der Waals surface area contributed by atoms with Crippen molar-refractivity contribution in [1.82, 2.24) is 0 Å². The van der Waals surface area contributed by atoms with Gasteiger partial charge in [0.25, 0.3) is 0 Å². The summed E-state index contributed by atoms with van der Waals surface area (Å²) in [4.78, 5) is 0.203. The Hall–Kier alpha value is -2.43. The molecule has 3 rings (SSSR count). The van der Waals surface area contributed by atoms with Gasteiger partial charge in [0.2, 0.25) is 0 Å². The molecule has 0 heterocycles. The maximum absolute atomic E-state index is 13.2. The number of aliphatic hydroxyl groups is 1. The van der Waals surface area contributed by atoms with Crippen molar-refractivity contribution in [2.75, 3.05) is 0 Å². The van der Waals surface area contributed by atoms with E-state index < -0.39 is 21.2 Å². The Morgan fingerprint density at radius 1 is 0.625 bits per heavy atom. The third kappa shape index (κ3) is 3.25. The highest BCUT2D eigenvalue weighted by Gasteiger charge is 2.35. The van der Waals surface area contributed by atoms with Crippen LogP contribution in [0.25, 0.3) is 0 Å². The smallest absolute Gasteiger partial charge is 0.188 e. The molecule has 0 aromatic heterocycles. The third-order valence-corrected chi connectivity index (χ3v) is 6.09. The van der Waals surface area contributed by atoms with Gasteiger partial charge in [-0.1, -0.05) is 78.9 Å². The van der Waals surface area contributed by atoms with E-state index in [4.69, 9.17) is 0 Å². The van der Waals surface area contributed by atoms with Crippen LogP contribution >= 0.6 is 0 Å². The lowest BCUT2D eigenvalue weighted by Crippen LogP contribution is -2.21. The minimum atomic E-state index is -3.75. The van der Waals surface area contributed by atoms with Gasteiger partial charge in [-0.05, 0) is 23.3 Å². The van der Waals surface area contributed by atoms with Crippen LogP contribution in [0.4, 0.5) is 0 Å². The van der Waals surface area contributed by atoms with Gasteiger partial charge in [-0.15, -0.1) is 0 Å². The van der Waals surface area contributed by atoms with Gasteiger partial charge in [-0.2, -0.15) is 0 Å². The molecule has 0 bridgehead atoms. The first kappa shape index (κ1) is 16.4. The summed E-state index contributed by atoms with van der Waals surface area (Å²) in [6.07, 6.45) is -1.15. The van der Waals surface area contributed by atoms with Gasteiger partial charge >= 0.3 is 0 Å². The molecule has 0 radical (unpaired) electrons. The van der Waals surface area contributed by atoms with Gasteiger partial charge in [0.1, 0.15) is 11.4 Å². The summed E-state index contributed by atoms with van der Waals surface area (Å²) in [6.45, 7) is 0. The van der Waals surface area contributed by atoms with E-state index in [9.17, 15) is 13.5 Å². The molecule has 0 aliphatic rings. The van der Waals surface area contributed by atoms with Crippen LogP contribution in [0.5, 0.6) is 0 Å². The van der Waals surface area contributed by atoms with Crippen molar-refractivity contribution in [3.63, 3.8) is 0 Å². The van der Waals surface area contributed by atoms with Crippen LogP contribution < -0.4 is 0 Å². The van der Waals surface area contributed by atoms with Crippen molar-refractivity contribution in [1.29, 1.82) is 0 Å². The quantitative estimate of drug-likeness (QED) is 0.767. The summed E-state index contributed by atoms with van der Waals surface area (Å²) in [5.41, 5.74) is 1.14. The van der Waals surface area contributed by atoms with Crippen LogP contribution in [0.2, 0.25) is 0 Å². The Balaban J connectivity index is 2.13. The van der Waals surface area contributed by atoms with Gasteiger partial charge < -0.3 is 5.11 Å². The second-order valence-corrected chi connectivity index (χ2v) is 7.61. The summed E-state index contributed by atoms with van der Waals surface area (Å²) in [5, 5.41) is 9.79. The van der Waals surface area contributed by atoms with Crippen LogP contribution in [0.1, 0.15) is 22.5 Å². The largest absolute Gasteiger partial charge is 0.387 e. The minimum absolute atomic E-state index is 0.203. The monoisotopic (exact) mass is 338 g/mol. The molecule has 0 saturated heterocycles. The zero-order valence-electron chi connectivity index (χ0n) is 13.0. The van der Waals surface area contributed by atoms with Gasteiger partial charge in [-0.25, -0.2) is 8.42 Å². The number of sulfone groups is 1. The lowest BCUT2D eigenvalue weighted by atomic mass is 10.0. The van der Waals surface area contributed by atoms with E-state index in [1.54, 1.807) is 78.9 Å². The van der Waals surface area contributed by atoms with Crippen LogP contribution in [0, 0.1) is 0 Å². The van der Waals surface area contributed by atoms with E-state index >= 15 is 0 Å². The highest BCUT2D eigenvalue weighted by Crippen LogP contribution is 2.39. The zero-order valence-corrected chi connectivity index (χ0v) is 13.8. The second kappa shape index (κ2) is 6.99. The molecule has 1 N–H and O–H groups in total. The van der Waals surface area contributed by atoms with Crippen molar-refractivity contribution in [3.8, 4) is 0 Å². The van der Waals surface area contributed by atoms with E-state index in [2.05, 4.69) is 0 Å². The average molecular weight is 338 g/mol. The van der Waals surface area contributed by atoms with E-state index in [0.717, 1.165) is 0 Å². The molecule has 24 heavy (non-hydrogen) atoms. The highest BCUT2D eigenvalue weighted by molar-refractivity contribution is 7.91. The lowest BCUT2D eigenvalue weighted by Gasteiger charge is -2.24. The summed E-state index contributed by atoms with van der Waals surface area (Å²) in [5.74, 6) is 0. The molecule has 2 atom stereocenters. The number of rotatable bonds is 5. The van der Waals surface area contributed by atoms with Crippen LogP contribution in [-0.4, -0.2) is 13.5 Å². The van der Waals surface area contributed by atoms with E-state index in [0.29, 0.717) is 11.1 Å². The Morgan fingerprint density at radius 2 is 1.04 bits per heavy atom. The fourth-order valence-electron chi connectivity index (χ4n) is 2.76. The molecule has 3 nitrogen and oxygen atoms in total. The van der Waals surface area contributed by atoms with Crippen LogP contribution in [-0.2, 0) is 9.84 Å². The Bertz CT molecular complexity index is 876. The lowest BCUT2D eigenvalue weighted by molar-refractivity contribution is 0.171. The summed E-state index contributed by atoms with van der Waals surface area (Å²) in [6, 6.07) is 26.0. The Labute approximate surface area is 142 Å². The standard InChI is InChI=1S/C20H18O3S/c21-19(16-10-4-1-5-11-16)20(17-12-6-2-7-13-17)24(22,23)18-14-8-3-9-15-18/h1-15,19-21H/t19-,20-/m0/s1. The second-order valence-electron chi connectivity index (χ2n) is 5.54. The highest BCUT2D eigenvalue weighted by atomic mass is 32.2. The number of hydrogen-bond acceptors (Lipinski definition) is 3. The van der Waals surface area contributed by atoms with Gasteiger partial charge in [0, 0.05) is 0 Å². The Kier molecular flexibility index (Phi) is 4.79. The number of benzene rings is 3. The Morgan fingerprint density at radius 3 is 1.54 bits per heavy atom. The molecule has 0 spiro atoms. The molecule has 3 aromatic carbocycles. The average Bonchev–Trinajstić information content (AvgIpc) is 2.64. The molecule has 4 heteroatoms. The zero-order chi connectivity index (χ0) is 17.0. The third-order valence-electron chi connectivity index (χ3n) is 3.96. The molecule has 0 saturated carbocycles. The molecule has 122 valence electrons. The van der Waals surface area contributed by atoms with Gasteiger partial charge in [0.15, 0.2) is 9.84 Å². The molecule has 0 aliphatic heterocycles. The van der Waals surface area contributed by atoms with Crippen molar-refractivity contribution < 1.29 is 13.5 Å². The van der Waals surface area contributed by atoms with Crippen molar-refractivity contribution in [2.45, 2.75) is 16.2 Å². The number of aliphatic hydroxyl groups excluding tert-OH is 1. The predicted molar refractivity (Wildman–Crippen MR) is 94.2 cm³/mol. The normalized spacial score (nSPS) is 14.0. The predicted octanol–water partition coefficient (Wildman–Crippen LogP) is 3.94. The first-order chi connectivity index (χ1) is 11.6. The first-order valence-corrected chi connectivity index (χ1v) is 9.22. The molecule has 0 amide bonds. The van der Waals surface area contributed by atoms with Crippen molar-refractivity contribution >= 4 is 9.84 Å². The van der Waals surface area contributed by atoms with Gasteiger partial charge in [-0.3, -0.25) is 0 Å². The van der Waals surface area contributed by atoms with E-state index in [1.807, 2.05) is 12.1 Å². The van der Waals surface area contributed by atoms with Gasteiger partial charge in [0.05, 0.1) is 4.90 Å². The molecule has 0 fully saturated rings. The fraction of sp³-hybridized carbons (Fsp3) is 0.100. The molecule has 0 aliphatic carbocycles. The number of hydrogen-bond donors (Lipinski definition) is 1. The maximum Gasteiger partial charge on any atom is 0.188 e. The summed E-state index contributed by atoms with van der Waals surface area (Å²) in [7, 11) is -3.75. The van der Waals surface area contributed by atoms with Crippen molar-refractivity contribution in [2.24, 2.45) is 0 Å². The topological polar surface area (TPSA) is 54.4 Å². The summed E-state index contributed by atoms with van der Waals surface area (Å²) < 4.78 is 26.4. The van der Waals surface area contributed by atoms with E-state index in [1.165, 1.54) is 0 Å². The van der Waals surface area contributed by atoms with Crippen LogP contribution in [0.15, 0.2) is 95.9 Å². The molecular formula is C20H18O3S.